The van der Waals surface area contributed by atoms with Crippen LogP contribution in [-0.2, 0) is 4.74 Å². The van der Waals surface area contributed by atoms with Crippen molar-refractivity contribution in [2.45, 2.75) is 56.7 Å². The van der Waals surface area contributed by atoms with Crippen LogP contribution < -0.4 is 5.43 Å². The van der Waals surface area contributed by atoms with Crippen LogP contribution in [0.3, 0.4) is 0 Å². The Labute approximate surface area is 160 Å². The maximum atomic E-state index is 12.6. The lowest BCUT2D eigenvalue weighted by molar-refractivity contribution is -0.231. The summed E-state index contributed by atoms with van der Waals surface area (Å²) in [5.74, 6) is -0.857. The maximum absolute atomic E-state index is 12.6. The molecule has 6 atom stereocenters. The molecule has 3 rings (SSSR count). The summed E-state index contributed by atoms with van der Waals surface area (Å²) < 4.78 is 11.3. The van der Waals surface area contributed by atoms with Crippen LogP contribution in [0.1, 0.15) is 43.6 Å². The fraction of sp³-hybridized carbons (Fsp3) is 0.526. The number of hydrogen-bond donors (Lipinski definition) is 6. The average molecular weight is 396 g/mol. The largest absolute Gasteiger partial charge is 0.507 e. The summed E-state index contributed by atoms with van der Waals surface area (Å²) in [6.07, 6.45) is -6.92. The Kier molecular flexibility index (Phi) is 5.64. The van der Waals surface area contributed by atoms with Crippen LogP contribution in [-0.4, -0.2) is 61.7 Å². The van der Waals surface area contributed by atoms with Crippen molar-refractivity contribution in [2.75, 3.05) is 6.61 Å². The molecule has 1 unspecified atom stereocenters. The Balaban J connectivity index is 2.27. The Morgan fingerprint density at radius 2 is 1.75 bits per heavy atom. The van der Waals surface area contributed by atoms with Gasteiger partial charge in [0, 0.05) is 18.1 Å². The first-order valence-electron chi connectivity index (χ1n) is 9.04. The molecular weight excluding hydrogens is 372 g/mol. The van der Waals surface area contributed by atoms with E-state index in [0.29, 0.717) is 12.2 Å². The molecule has 154 valence electrons. The van der Waals surface area contributed by atoms with Gasteiger partial charge in [-0.15, -0.1) is 0 Å². The first-order chi connectivity index (χ1) is 13.2. The zero-order valence-electron chi connectivity index (χ0n) is 15.4. The highest BCUT2D eigenvalue weighted by atomic mass is 16.5. The molecule has 1 saturated heterocycles. The smallest absolute Gasteiger partial charge is 0.196 e. The molecule has 1 aromatic carbocycles. The maximum Gasteiger partial charge on any atom is 0.196 e. The molecule has 9 heteroatoms. The van der Waals surface area contributed by atoms with E-state index in [1.807, 2.05) is 13.8 Å². The standard InChI is InChI=1S/C19H24O9/c1-3-7(2)11-5-10(23)13-8(21)4-9(22)14(18(13)27-11)19-17(26)16(25)15(24)12(6-20)28-19/h4-5,7,12,15-17,19-22,24-26H,3,6H2,1-2H3/t7?,12-,15-,16+,17-,19+/m1/s1. The predicted octanol–water partition coefficient (Wildman–Crippen LogP) is 0.233. The van der Waals surface area contributed by atoms with E-state index in [4.69, 9.17) is 9.15 Å². The quantitative estimate of drug-likeness (QED) is 0.425. The number of hydrogen-bond acceptors (Lipinski definition) is 9. The van der Waals surface area contributed by atoms with Crippen molar-refractivity contribution in [1.29, 1.82) is 0 Å². The lowest BCUT2D eigenvalue weighted by Crippen LogP contribution is -2.55. The van der Waals surface area contributed by atoms with Gasteiger partial charge in [-0.25, -0.2) is 0 Å². The first kappa shape index (κ1) is 20.6. The first-order valence-corrected chi connectivity index (χ1v) is 9.04. The Morgan fingerprint density at radius 3 is 2.36 bits per heavy atom. The summed E-state index contributed by atoms with van der Waals surface area (Å²) in [6.45, 7) is 3.08. The van der Waals surface area contributed by atoms with Crippen LogP contribution in [0.5, 0.6) is 11.5 Å². The van der Waals surface area contributed by atoms with Crippen LogP contribution in [0, 0.1) is 0 Å². The second kappa shape index (κ2) is 7.69. The summed E-state index contributed by atoms with van der Waals surface area (Å²) in [6, 6.07) is 2.17. The number of aromatic hydroxyl groups is 2. The molecule has 0 aliphatic carbocycles. The minimum absolute atomic E-state index is 0.135. The van der Waals surface area contributed by atoms with E-state index in [9.17, 15) is 35.4 Å². The van der Waals surface area contributed by atoms with E-state index >= 15 is 0 Å². The number of phenols is 2. The molecule has 0 amide bonds. The van der Waals surface area contributed by atoms with Crippen molar-refractivity contribution >= 4 is 11.0 Å². The number of benzene rings is 1. The summed E-state index contributed by atoms with van der Waals surface area (Å²) in [4.78, 5) is 12.6. The number of fused-ring (bicyclic) bond motifs is 1. The topological polar surface area (TPSA) is 161 Å². The van der Waals surface area contributed by atoms with E-state index in [2.05, 4.69) is 0 Å². The molecule has 6 N–H and O–H groups in total. The van der Waals surface area contributed by atoms with Gasteiger partial charge in [-0.2, -0.15) is 0 Å². The summed E-state index contributed by atoms with van der Waals surface area (Å²) in [7, 11) is 0. The molecule has 2 heterocycles. The third-order valence-electron chi connectivity index (χ3n) is 5.29. The Hall–Kier alpha value is -2.17. The lowest BCUT2D eigenvalue weighted by atomic mass is 9.89. The second-order valence-corrected chi connectivity index (χ2v) is 7.10. The highest BCUT2D eigenvalue weighted by Crippen LogP contribution is 2.43. The summed E-state index contributed by atoms with van der Waals surface area (Å²) in [5, 5.41) is 60.2. The van der Waals surface area contributed by atoms with Crippen LogP contribution in [0.4, 0.5) is 0 Å². The minimum atomic E-state index is -1.69. The number of phenolic OH excluding ortho intramolecular Hbond substituents is 2. The molecule has 0 spiro atoms. The Morgan fingerprint density at radius 1 is 1.07 bits per heavy atom. The van der Waals surface area contributed by atoms with Gasteiger partial charge in [-0.05, 0) is 6.42 Å². The molecule has 1 aliphatic rings. The summed E-state index contributed by atoms with van der Waals surface area (Å²) in [5.41, 5.74) is -0.892. The molecule has 2 aromatic rings. The van der Waals surface area contributed by atoms with E-state index in [0.717, 1.165) is 6.07 Å². The average Bonchev–Trinajstić information content (AvgIpc) is 2.66. The fourth-order valence-electron chi connectivity index (χ4n) is 3.40. The van der Waals surface area contributed by atoms with Crippen molar-refractivity contribution in [3.63, 3.8) is 0 Å². The molecule has 1 aromatic heterocycles. The van der Waals surface area contributed by atoms with E-state index in [-0.39, 0.29) is 22.5 Å². The van der Waals surface area contributed by atoms with Gasteiger partial charge >= 0.3 is 0 Å². The monoisotopic (exact) mass is 396 g/mol. The van der Waals surface area contributed by atoms with Crippen LogP contribution in [0.2, 0.25) is 0 Å². The van der Waals surface area contributed by atoms with Crippen LogP contribution in [0.15, 0.2) is 21.3 Å². The van der Waals surface area contributed by atoms with Gasteiger partial charge in [0.05, 0.1) is 12.2 Å². The molecule has 1 aliphatic heterocycles. The number of rotatable bonds is 4. The van der Waals surface area contributed by atoms with E-state index < -0.39 is 54.1 Å². The zero-order valence-corrected chi connectivity index (χ0v) is 15.4. The SMILES string of the molecule is CCC(C)c1cc(=O)c2c(O)cc(O)c([C@@H]3O[C@H](CO)[C@@H](O)[C@H](O)[C@H]3O)c2o1. The summed E-state index contributed by atoms with van der Waals surface area (Å²) >= 11 is 0. The van der Waals surface area contributed by atoms with Gasteiger partial charge in [-0.3, -0.25) is 4.79 Å². The van der Waals surface area contributed by atoms with Crippen molar-refractivity contribution in [2.24, 2.45) is 0 Å². The van der Waals surface area contributed by atoms with Crippen LogP contribution in [0.25, 0.3) is 11.0 Å². The van der Waals surface area contributed by atoms with Gasteiger partial charge in [0.2, 0.25) is 0 Å². The second-order valence-electron chi connectivity index (χ2n) is 7.10. The molecule has 0 saturated carbocycles. The van der Waals surface area contributed by atoms with Gasteiger partial charge < -0.3 is 39.8 Å². The molecule has 9 nitrogen and oxygen atoms in total. The zero-order chi connectivity index (χ0) is 20.7. The minimum Gasteiger partial charge on any atom is -0.507 e. The van der Waals surface area contributed by atoms with Gasteiger partial charge in [-0.1, -0.05) is 13.8 Å². The van der Waals surface area contributed by atoms with Crippen molar-refractivity contribution in [3.05, 3.63) is 33.7 Å². The van der Waals surface area contributed by atoms with Crippen molar-refractivity contribution in [1.82, 2.24) is 0 Å². The van der Waals surface area contributed by atoms with Gasteiger partial charge in [0.25, 0.3) is 0 Å². The fourth-order valence-corrected chi connectivity index (χ4v) is 3.40. The molecule has 0 radical (unpaired) electrons. The Bertz CT molecular complexity index is 920. The van der Waals surface area contributed by atoms with Gasteiger partial charge in [0.1, 0.15) is 53.2 Å². The third-order valence-corrected chi connectivity index (χ3v) is 5.29. The lowest BCUT2D eigenvalue weighted by Gasteiger charge is -2.40. The van der Waals surface area contributed by atoms with Crippen molar-refractivity contribution < 1.29 is 39.8 Å². The van der Waals surface area contributed by atoms with Gasteiger partial charge in [0.15, 0.2) is 11.0 Å². The predicted molar refractivity (Wildman–Crippen MR) is 97.2 cm³/mol. The number of ether oxygens (including phenoxy) is 1. The van der Waals surface area contributed by atoms with E-state index in [1.54, 1.807) is 0 Å². The third kappa shape index (κ3) is 3.25. The van der Waals surface area contributed by atoms with Crippen molar-refractivity contribution in [3.8, 4) is 11.5 Å². The van der Waals surface area contributed by atoms with Crippen LogP contribution >= 0.6 is 0 Å². The molecule has 1 fully saturated rings. The highest BCUT2D eigenvalue weighted by Gasteiger charge is 2.46. The normalized spacial score (nSPS) is 29.1. The number of aliphatic hydroxyl groups is 4. The number of aliphatic hydroxyl groups excluding tert-OH is 4. The molecular formula is C19H24O9. The van der Waals surface area contributed by atoms with E-state index in [1.165, 1.54) is 6.07 Å². The molecule has 28 heavy (non-hydrogen) atoms. The highest BCUT2D eigenvalue weighted by molar-refractivity contribution is 5.88. The molecule has 0 bridgehead atoms.